The molecule has 2 aromatic heterocycles. The summed E-state index contributed by atoms with van der Waals surface area (Å²) in [6.07, 6.45) is -3.51. The van der Waals surface area contributed by atoms with Crippen LogP contribution < -0.4 is 16.4 Å². The van der Waals surface area contributed by atoms with Crippen molar-refractivity contribution in [2.75, 3.05) is 18.4 Å². The molecule has 0 aliphatic rings. The van der Waals surface area contributed by atoms with Gasteiger partial charge in [0.2, 0.25) is 5.95 Å². The molecule has 1 amide bonds. The van der Waals surface area contributed by atoms with E-state index in [1.807, 2.05) is 0 Å². The number of alkyl halides is 3. The van der Waals surface area contributed by atoms with Crippen LogP contribution in [0.4, 0.5) is 19.1 Å². The summed E-state index contributed by atoms with van der Waals surface area (Å²) in [5.74, 6) is -0.541. The normalized spacial score (nSPS) is 10.8. The van der Waals surface area contributed by atoms with Crippen LogP contribution in [0.2, 0.25) is 0 Å². The number of nitrogens with one attached hydrogen (secondary N) is 2. The Balaban J connectivity index is 0.00000288. The Morgan fingerprint density at radius 2 is 2.04 bits per heavy atom. The van der Waals surface area contributed by atoms with E-state index in [0.29, 0.717) is 5.01 Å². The molecular formula is C12H14ClF3N6OS. The summed E-state index contributed by atoms with van der Waals surface area (Å²) in [5, 5.41) is 7.41. The number of amides is 1. The Labute approximate surface area is 145 Å². The van der Waals surface area contributed by atoms with E-state index in [2.05, 4.69) is 25.6 Å². The quantitative estimate of drug-likeness (QED) is 0.656. The summed E-state index contributed by atoms with van der Waals surface area (Å²) < 4.78 is 37.5. The van der Waals surface area contributed by atoms with Crippen molar-refractivity contribution in [3.8, 4) is 0 Å². The van der Waals surface area contributed by atoms with Crippen molar-refractivity contribution < 1.29 is 18.0 Å². The number of nitrogens with two attached hydrogens (primary N) is 1. The molecule has 2 heterocycles. The highest BCUT2D eigenvalue weighted by atomic mass is 35.5. The van der Waals surface area contributed by atoms with Gasteiger partial charge in [-0.15, -0.1) is 23.7 Å². The molecule has 24 heavy (non-hydrogen) atoms. The summed E-state index contributed by atoms with van der Waals surface area (Å²) in [6, 6.07) is 0.782. The third kappa shape index (κ3) is 5.58. The SMILES string of the molecule is Cl.NCc1nc(C(=O)NCCNc2nccc(C(F)(F)F)n2)cs1. The lowest BCUT2D eigenvalue weighted by molar-refractivity contribution is -0.141. The Morgan fingerprint density at radius 3 is 2.67 bits per heavy atom. The Morgan fingerprint density at radius 1 is 1.29 bits per heavy atom. The maximum atomic E-state index is 12.5. The monoisotopic (exact) mass is 382 g/mol. The van der Waals surface area contributed by atoms with Crippen molar-refractivity contribution in [1.29, 1.82) is 0 Å². The van der Waals surface area contributed by atoms with Gasteiger partial charge in [-0.1, -0.05) is 0 Å². The molecule has 0 aliphatic heterocycles. The predicted octanol–water partition coefficient (Wildman–Crippen LogP) is 1.67. The summed E-state index contributed by atoms with van der Waals surface area (Å²) in [5.41, 5.74) is 4.63. The summed E-state index contributed by atoms with van der Waals surface area (Å²) in [4.78, 5) is 22.8. The van der Waals surface area contributed by atoms with Crippen molar-refractivity contribution >= 4 is 35.6 Å². The van der Waals surface area contributed by atoms with Crippen LogP contribution in [0.15, 0.2) is 17.6 Å². The molecule has 0 spiro atoms. The van der Waals surface area contributed by atoms with Crippen molar-refractivity contribution in [2.24, 2.45) is 5.73 Å². The van der Waals surface area contributed by atoms with E-state index in [-0.39, 0.29) is 49.6 Å². The molecule has 0 unspecified atom stereocenters. The number of carbonyl (C=O) groups excluding carboxylic acids is 1. The van der Waals surface area contributed by atoms with Gasteiger partial charge in [-0.2, -0.15) is 13.2 Å². The number of nitrogens with zero attached hydrogens (tertiary/aromatic N) is 3. The van der Waals surface area contributed by atoms with E-state index in [1.165, 1.54) is 11.3 Å². The Kier molecular flexibility index (Phi) is 7.32. The van der Waals surface area contributed by atoms with Gasteiger partial charge in [0.1, 0.15) is 16.4 Å². The molecular weight excluding hydrogens is 369 g/mol. The maximum absolute atomic E-state index is 12.5. The molecule has 0 aliphatic carbocycles. The van der Waals surface area contributed by atoms with E-state index < -0.39 is 11.9 Å². The highest BCUT2D eigenvalue weighted by Gasteiger charge is 2.32. The minimum Gasteiger partial charge on any atom is -0.352 e. The molecule has 2 rings (SSSR count). The second kappa shape index (κ2) is 8.76. The molecule has 0 radical (unpaired) electrons. The van der Waals surface area contributed by atoms with Crippen LogP contribution in [-0.4, -0.2) is 33.9 Å². The van der Waals surface area contributed by atoms with Gasteiger partial charge in [-0.25, -0.2) is 15.0 Å². The molecule has 7 nitrogen and oxygen atoms in total. The van der Waals surface area contributed by atoms with Crippen LogP contribution in [-0.2, 0) is 12.7 Å². The maximum Gasteiger partial charge on any atom is 0.433 e. The fourth-order valence-electron chi connectivity index (χ4n) is 1.55. The fraction of sp³-hybridized carbons (Fsp3) is 0.333. The first-order valence-electron chi connectivity index (χ1n) is 6.47. The molecule has 0 saturated carbocycles. The van der Waals surface area contributed by atoms with Gasteiger partial charge in [0, 0.05) is 31.2 Å². The zero-order valence-corrected chi connectivity index (χ0v) is 13.8. The van der Waals surface area contributed by atoms with Crippen LogP contribution in [0.3, 0.4) is 0 Å². The molecule has 12 heteroatoms. The van der Waals surface area contributed by atoms with Crippen LogP contribution in [0.25, 0.3) is 0 Å². The number of carbonyl (C=O) groups is 1. The van der Waals surface area contributed by atoms with Crippen molar-refractivity contribution in [1.82, 2.24) is 20.3 Å². The van der Waals surface area contributed by atoms with Gasteiger partial charge in [-0.05, 0) is 6.07 Å². The van der Waals surface area contributed by atoms with E-state index in [9.17, 15) is 18.0 Å². The molecule has 0 aromatic carbocycles. The third-order valence-corrected chi connectivity index (χ3v) is 3.47. The predicted molar refractivity (Wildman–Crippen MR) is 85.1 cm³/mol. The molecule has 2 aromatic rings. The fourth-order valence-corrected chi connectivity index (χ4v) is 2.21. The summed E-state index contributed by atoms with van der Waals surface area (Å²) >= 11 is 1.28. The van der Waals surface area contributed by atoms with Crippen LogP contribution in [0, 0.1) is 0 Å². The molecule has 0 saturated heterocycles. The van der Waals surface area contributed by atoms with Gasteiger partial charge >= 0.3 is 6.18 Å². The second-order valence-electron chi connectivity index (χ2n) is 4.28. The van der Waals surface area contributed by atoms with Crippen LogP contribution in [0.1, 0.15) is 21.2 Å². The van der Waals surface area contributed by atoms with E-state index in [0.717, 1.165) is 12.3 Å². The highest BCUT2D eigenvalue weighted by Crippen LogP contribution is 2.27. The van der Waals surface area contributed by atoms with Gasteiger partial charge < -0.3 is 16.4 Å². The molecule has 0 atom stereocenters. The van der Waals surface area contributed by atoms with Gasteiger partial charge in [0.15, 0.2) is 0 Å². The smallest absolute Gasteiger partial charge is 0.352 e. The van der Waals surface area contributed by atoms with Gasteiger partial charge in [0.05, 0.1) is 0 Å². The topological polar surface area (TPSA) is 106 Å². The highest BCUT2D eigenvalue weighted by molar-refractivity contribution is 7.09. The minimum absolute atomic E-state index is 0. The third-order valence-electron chi connectivity index (χ3n) is 2.60. The minimum atomic E-state index is -4.53. The molecule has 0 bridgehead atoms. The number of aromatic nitrogens is 3. The number of thiazole rings is 1. The first kappa shape index (κ1) is 20.1. The number of hydrogen-bond donors (Lipinski definition) is 3. The molecule has 0 fully saturated rings. The Hall–Kier alpha value is -1.98. The lowest BCUT2D eigenvalue weighted by Crippen LogP contribution is -2.29. The first-order valence-corrected chi connectivity index (χ1v) is 7.35. The van der Waals surface area contributed by atoms with Crippen molar-refractivity contribution in [3.63, 3.8) is 0 Å². The first-order chi connectivity index (χ1) is 10.9. The average molecular weight is 383 g/mol. The number of halogens is 4. The Bertz CT molecular complexity index is 681. The number of rotatable bonds is 6. The largest absolute Gasteiger partial charge is 0.433 e. The lowest BCUT2D eigenvalue weighted by atomic mass is 10.4. The zero-order chi connectivity index (χ0) is 16.9. The zero-order valence-electron chi connectivity index (χ0n) is 12.1. The number of anilines is 1. The van der Waals surface area contributed by atoms with Crippen molar-refractivity contribution in [2.45, 2.75) is 12.7 Å². The van der Waals surface area contributed by atoms with Crippen LogP contribution >= 0.6 is 23.7 Å². The summed E-state index contributed by atoms with van der Waals surface area (Å²) in [7, 11) is 0. The van der Waals surface area contributed by atoms with Crippen LogP contribution in [0.5, 0.6) is 0 Å². The van der Waals surface area contributed by atoms with Gasteiger partial charge in [0.25, 0.3) is 5.91 Å². The van der Waals surface area contributed by atoms with E-state index in [4.69, 9.17) is 5.73 Å². The number of hydrogen-bond acceptors (Lipinski definition) is 7. The second-order valence-corrected chi connectivity index (χ2v) is 5.22. The molecule has 4 N–H and O–H groups in total. The lowest BCUT2D eigenvalue weighted by Gasteiger charge is -2.08. The molecule has 132 valence electrons. The van der Waals surface area contributed by atoms with E-state index in [1.54, 1.807) is 5.38 Å². The summed E-state index contributed by atoms with van der Waals surface area (Å²) in [6.45, 7) is 0.598. The van der Waals surface area contributed by atoms with E-state index >= 15 is 0 Å². The van der Waals surface area contributed by atoms with Gasteiger partial charge in [-0.3, -0.25) is 4.79 Å². The standard InChI is InChI=1S/C12H13F3N6OS.ClH/c13-12(14,15)8-1-2-18-11(21-8)19-4-3-17-10(22)7-6-23-9(5-16)20-7;/h1-2,6H,3-5,16H2,(H,17,22)(H,18,19,21);1H. The van der Waals surface area contributed by atoms with Crippen molar-refractivity contribution in [3.05, 3.63) is 34.0 Å². The average Bonchev–Trinajstić information content (AvgIpc) is 3.00.